The fourth-order valence-electron chi connectivity index (χ4n) is 3.00. The second-order valence-corrected chi connectivity index (χ2v) is 5.45. The number of carbonyl (C=O) groups is 1. The van der Waals surface area contributed by atoms with E-state index >= 15 is 0 Å². The first-order chi connectivity index (χ1) is 7.75. The summed E-state index contributed by atoms with van der Waals surface area (Å²) in [6.07, 6.45) is 9.43. The van der Waals surface area contributed by atoms with Gasteiger partial charge in [-0.25, -0.2) is 0 Å². The molecule has 1 atom stereocenters. The van der Waals surface area contributed by atoms with Gasteiger partial charge in [-0.3, -0.25) is 4.79 Å². The van der Waals surface area contributed by atoms with Crippen LogP contribution in [0, 0.1) is 5.92 Å². The summed E-state index contributed by atoms with van der Waals surface area (Å²) in [6.45, 7) is 1.71. The van der Waals surface area contributed by atoms with Gasteiger partial charge in [0.05, 0.1) is 0 Å². The molecule has 2 N–H and O–H groups in total. The molecule has 3 heteroatoms. The SMILES string of the molecule is NC1CCCN(C(=O)CC2CCCCC2)C1. The average Bonchev–Trinajstić information content (AvgIpc) is 2.30. The van der Waals surface area contributed by atoms with E-state index in [2.05, 4.69) is 0 Å². The lowest BCUT2D eigenvalue weighted by Crippen LogP contribution is -2.46. The molecule has 0 spiro atoms. The third kappa shape index (κ3) is 3.21. The maximum atomic E-state index is 12.1. The topological polar surface area (TPSA) is 46.3 Å². The third-order valence-electron chi connectivity index (χ3n) is 4.00. The number of rotatable bonds is 2. The van der Waals surface area contributed by atoms with E-state index in [0.717, 1.165) is 32.4 Å². The Morgan fingerprint density at radius 3 is 2.56 bits per heavy atom. The summed E-state index contributed by atoms with van der Waals surface area (Å²) in [5, 5.41) is 0. The Balaban J connectivity index is 1.77. The Kier molecular flexibility index (Phi) is 4.22. The van der Waals surface area contributed by atoms with E-state index < -0.39 is 0 Å². The molecule has 2 rings (SSSR count). The highest BCUT2D eigenvalue weighted by Crippen LogP contribution is 2.27. The maximum absolute atomic E-state index is 12.1. The van der Waals surface area contributed by atoms with E-state index in [4.69, 9.17) is 5.73 Å². The van der Waals surface area contributed by atoms with Gasteiger partial charge in [0.25, 0.3) is 0 Å². The number of nitrogens with zero attached hydrogens (tertiary/aromatic N) is 1. The molecule has 0 radical (unpaired) electrons. The minimum absolute atomic E-state index is 0.212. The Morgan fingerprint density at radius 1 is 1.12 bits per heavy atom. The van der Waals surface area contributed by atoms with Crippen LogP contribution in [0.4, 0.5) is 0 Å². The molecule has 2 fully saturated rings. The van der Waals surface area contributed by atoms with Crippen LogP contribution < -0.4 is 5.73 Å². The molecule has 1 aliphatic heterocycles. The fourth-order valence-corrected chi connectivity index (χ4v) is 3.00. The van der Waals surface area contributed by atoms with E-state index in [9.17, 15) is 4.79 Å². The molecule has 0 aromatic rings. The van der Waals surface area contributed by atoms with Crippen molar-refractivity contribution >= 4 is 5.91 Å². The first-order valence-electron chi connectivity index (χ1n) is 6.79. The third-order valence-corrected chi connectivity index (χ3v) is 4.00. The standard InChI is InChI=1S/C13H24N2O/c14-12-7-4-8-15(10-12)13(16)9-11-5-2-1-3-6-11/h11-12H,1-10,14H2. The van der Waals surface area contributed by atoms with E-state index in [1.807, 2.05) is 4.90 Å². The summed E-state index contributed by atoms with van der Waals surface area (Å²) in [5.41, 5.74) is 5.90. The number of piperidine rings is 1. The number of carbonyl (C=O) groups excluding carboxylic acids is 1. The van der Waals surface area contributed by atoms with Gasteiger partial charge in [-0.05, 0) is 31.6 Å². The summed E-state index contributed by atoms with van der Waals surface area (Å²) in [7, 11) is 0. The van der Waals surface area contributed by atoms with E-state index in [1.165, 1.54) is 32.1 Å². The normalized spacial score (nSPS) is 28.1. The van der Waals surface area contributed by atoms with Crippen molar-refractivity contribution in [3.63, 3.8) is 0 Å². The Labute approximate surface area is 98.4 Å². The molecule has 0 aromatic heterocycles. The number of hydrogen-bond acceptors (Lipinski definition) is 2. The van der Waals surface area contributed by atoms with Crippen LogP contribution in [0.2, 0.25) is 0 Å². The van der Waals surface area contributed by atoms with Gasteiger partial charge in [0.2, 0.25) is 5.91 Å². The minimum Gasteiger partial charge on any atom is -0.341 e. The van der Waals surface area contributed by atoms with Gasteiger partial charge in [-0.15, -0.1) is 0 Å². The Morgan fingerprint density at radius 2 is 1.88 bits per heavy atom. The number of likely N-dealkylation sites (tertiary alicyclic amines) is 1. The van der Waals surface area contributed by atoms with Gasteiger partial charge in [0.1, 0.15) is 0 Å². The van der Waals surface area contributed by atoms with Gasteiger partial charge < -0.3 is 10.6 Å². The second-order valence-electron chi connectivity index (χ2n) is 5.45. The van der Waals surface area contributed by atoms with Crippen molar-refractivity contribution in [3.8, 4) is 0 Å². The van der Waals surface area contributed by atoms with Crippen LogP contribution in [0.15, 0.2) is 0 Å². The summed E-state index contributed by atoms with van der Waals surface area (Å²) >= 11 is 0. The molecule has 0 bridgehead atoms. The summed E-state index contributed by atoms with van der Waals surface area (Å²) in [6, 6.07) is 0.212. The molecular formula is C13H24N2O. The molecule has 1 heterocycles. The maximum Gasteiger partial charge on any atom is 0.222 e. The first kappa shape index (κ1) is 11.9. The molecule has 92 valence electrons. The smallest absolute Gasteiger partial charge is 0.222 e. The Hall–Kier alpha value is -0.570. The lowest BCUT2D eigenvalue weighted by Gasteiger charge is -2.32. The monoisotopic (exact) mass is 224 g/mol. The first-order valence-corrected chi connectivity index (χ1v) is 6.79. The van der Waals surface area contributed by atoms with Crippen molar-refractivity contribution in [2.24, 2.45) is 11.7 Å². The zero-order chi connectivity index (χ0) is 11.4. The fraction of sp³-hybridized carbons (Fsp3) is 0.923. The van der Waals surface area contributed by atoms with Crippen LogP contribution in [0.5, 0.6) is 0 Å². The van der Waals surface area contributed by atoms with Crippen molar-refractivity contribution in [2.45, 2.75) is 57.4 Å². The highest BCUT2D eigenvalue weighted by molar-refractivity contribution is 5.76. The lowest BCUT2D eigenvalue weighted by molar-refractivity contribution is -0.133. The minimum atomic E-state index is 0.212. The highest BCUT2D eigenvalue weighted by Gasteiger charge is 2.24. The molecule has 0 aromatic carbocycles. The summed E-state index contributed by atoms with van der Waals surface area (Å²) < 4.78 is 0. The van der Waals surface area contributed by atoms with Crippen molar-refractivity contribution in [3.05, 3.63) is 0 Å². The van der Waals surface area contributed by atoms with Crippen LogP contribution in [0.1, 0.15) is 51.4 Å². The van der Waals surface area contributed by atoms with Crippen LogP contribution in [0.25, 0.3) is 0 Å². The molecule has 1 unspecified atom stereocenters. The second kappa shape index (κ2) is 5.67. The van der Waals surface area contributed by atoms with E-state index in [-0.39, 0.29) is 6.04 Å². The largest absolute Gasteiger partial charge is 0.341 e. The van der Waals surface area contributed by atoms with Crippen LogP contribution >= 0.6 is 0 Å². The van der Waals surface area contributed by atoms with Crippen LogP contribution in [0.3, 0.4) is 0 Å². The number of amides is 1. The quantitative estimate of drug-likeness (QED) is 0.778. The molecular weight excluding hydrogens is 200 g/mol. The van der Waals surface area contributed by atoms with Gasteiger partial charge in [-0.1, -0.05) is 19.3 Å². The van der Waals surface area contributed by atoms with E-state index in [1.54, 1.807) is 0 Å². The molecule has 1 amide bonds. The molecule has 3 nitrogen and oxygen atoms in total. The number of hydrogen-bond donors (Lipinski definition) is 1. The summed E-state index contributed by atoms with van der Waals surface area (Å²) in [4.78, 5) is 14.1. The molecule has 1 aliphatic carbocycles. The van der Waals surface area contributed by atoms with E-state index in [0.29, 0.717) is 11.8 Å². The average molecular weight is 224 g/mol. The van der Waals surface area contributed by atoms with Gasteiger partial charge in [-0.2, -0.15) is 0 Å². The molecule has 16 heavy (non-hydrogen) atoms. The lowest BCUT2D eigenvalue weighted by atomic mass is 9.86. The van der Waals surface area contributed by atoms with Crippen LogP contribution in [-0.4, -0.2) is 29.9 Å². The predicted molar refractivity (Wildman–Crippen MR) is 65.0 cm³/mol. The Bertz CT molecular complexity index is 236. The summed E-state index contributed by atoms with van der Waals surface area (Å²) in [5.74, 6) is 1.00. The van der Waals surface area contributed by atoms with Crippen molar-refractivity contribution in [1.82, 2.24) is 4.90 Å². The molecule has 2 aliphatic rings. The van der Waals surface area contributed by atoms with Crippen molar-refractivity contribution in [2.75, 3.05) is 13.1 Å². The molecule has 1 saturated heterocycles. The molecule has 1 saturated carbocycles. The van der Waals surface area contributed by atoms with Crippen molar-refractivity contribution in [1.29, 1.82) is 0 Å². The van der Waals surface area contributed by atoms with Crippen molar-refractivity contribution < 1.29 is 4.79 Å². The highest BCUT2D eigenvalue weighted by atomic mass is 16.2. The van der Waals surface area contributed by atoms with Crippen LogP contribution in [-0.2, 0) is 4.79 Å². The van der Waals surface area contributed by atoms with Gasteiger partial charge in [0, 0.05) is 25.6 Å². The number of nitrogens with two attached hydrogens (primary N) is 1. The van der Waals surface area contributed by atoms with Gasteiger partial charge in [0.15, 0.2) is 0 Å². The zero-order valence-electron chi connectivity index (χ0n) is 10.2. The zero-order valence-corrected chi connectivity index (χ0v) is 10.2. The van der Waals surface area contributed by atoms with Gasteiger partial charge >= 0.3 is 0 Å². The predicted octanol–water partition coefficient (Wildman–Crippen LogP) is 1.91.